The van der Waals surface area contributed by atoms with Crippen molar-refractivity contribution in [3.8, 4) is 0 Å². The average Bonchev–Trinajstić information content (AvgIpc) is 2.42. The van der Waals surface area contributed by atoms with Gasteiger partial charge in [0.05, 0.1) is 0 Å². The van der Waals surface area contributed by atoms with E-state index in [9.17, 15) is 14.0 Å². The minimum atomic E-state index is -1.05. The largest absolute Gasteiger partial charge is 0.480 e. The molecule has 1 aromatic rings. The van der Waals surface area contributed by atoms with Gasteiger partial charge in [-0.25, -0.2) is 9.18 Å². The number of benzene rings is 1. The molecule has 6 heteroatoms. The molecular formula is C14H16FNO3S. The summed E-state index contributed by atoms with van der Waals surface area (Å²) in [6.07, 6.45) is 4.98. The molecule has 1 atom stereocenters. The summed E-state index contributed by atoms with van der Waals surface area (Å²) < 4.78 is 12.7. The van der Waals surface area contributed by atoms with E-state index in [0.29, 0.717) is 17.7 Å². The summed E-state index contributed by atoms with van der Waals surface area (Å²) in [5, 5.41) is 11.4. The summed E-state index contributed by atoms with van der Waals surface area (Å²) >= 11 is 1.52. The van der Waals surface area contributed by atoms with Crippen LogP contribution in [-0.4, -0.2) is 35.0 Å². The summed E-state index contributed by atoms with van der Waals surface area (Å²) in [5.41, 5.74) is 0.664. The van der Waals surface area contributed by atoms with Crippen LogP contribution in [-0.2, 0) is 9.59 Å². The number of hydrogen-bond acceptors (Lipinski definition) is 3. The number of halogens is 1. The summed E-state index contributed by atoms with van der Waals surface area (Å²) in [6, 6.07) is 4.74. The number of carboxylic acid groups (broad SMARTS) is 1. The SMILES string of the molecule is CSCC[C@@H](NC(=O)/C=C/c1ccc(F)cc1)C(=O)O. The minimum Gasteiger partial charge on any atom is -0.480 e. The Morgan fingerprint density at radius 1 is 1.40 bits per heavy atom. The molecule has 1 aromatic carbocycles. The highest BCUT2D eigenvalue weighted by atomic mass is 32.2. The van der Waals surface area contributed by atoms with Gasteiger partial charge < -0.3 is 10.4 Å². The molecular weight excluding hydrogens is 281 g/mol. The summed E-state index contributed by atoms with van der Waals surface area (Å²) in [4.78, 5) is 22.6. The fourth-order valence-corrected chi connectivity index (χ4v) is 1.93. The predicted molar refractivity (Wildman–Crippen MR) is 78.0 cm³/mol. The zero-order valence-corrected chi connectivity index (χ0v) is 11.8. The Morgan fingerprint density at radius 2 is 2.05 bits per heavy atom. The van der Waals surface area contributed by atoms with E-state index in [-0.39, 0.29) is 5.82 Å². The molecule has 20 heavy (non-hydrogen) atoms. The van der Waals surface area contributed by atoms with Crippen LogP contribution in [0.4, 0.5) is 4.39 Å². The maximum atomic E-state index is 12.7. The van der Waals surface area contributed by atoms with E-state index in [4.69, 9.17) is 5.11 Å². The van der Waals surface area contributed by atoms with Crippen molar-refractivity contribution in [3.63, 3.8) is 0 Å². The molecule has 4 nitrogen and oxygen atoms in total. The summed E-state index contributed by atoms with van der Waals surface area (Å²) in [5.74, 6) is -1.24. The van der Waals surface area contributed by atoms with Gasteiger partial charge in [0.1, 0.15) is 11.9 Å². The number of aliphatic carboxylic acids is 1. The Bertz CT molecular complexity index is 488. The van der Waals surface area contributed by atoms with Gasteiger partial charge >= 0.3 is 5.97 Å². The molecule has 0 radical (unpaired) electrons. The van der Waals surface area contributed by atoms with Crippen LogP contribution in [0.25, 0.3) is 6.08 Å². The number of hydrogen-bond donors (Lipinski definition) is 2. The smallest absolute Gasteiger partial charge is 0.326 e. The second-order valence-corrected chi connectivity index (χ2v) is 5.05. The highest BCUT2D eigenvalue weighted by Crippen LogP contribution is 2.05. The lowest BCUT2D eigenvalue weighted by Crippen LogP contribution is -2.40. The van der Waals surface area contributed by atoms with Gasteiger partial charge in [-0.1, -0.05) is 12.1 Å². The van der Waals surface area contributed by atoms with Crippen molar-refractivity contribution in [2.75, 3.05) is 12.0 Å². The van der Waals surface area contributed by atoms with Gasteiger partial charge in [-0.3, -0.25) is 4.79 Å². The second-order valence-electron chi connectivity index (χ2n) is 4.07. The van der Waals surface area contributed by atoms with Crippen molar-refractivity contribution in [1.82, 2.24) is 5.32 Å². The van der Waals surface area contributed by atoms with Gasteiger partial charge in [0.15, 0.2) is 0 Å². The maximum Gasteiger partial charge on any atom is 0.326 e. The van der Waals surface area contributed by atoms with Crippen LogP contribution in [0.1, 0.15) is 12.0 Å². The Hall–Kier alpha value is -1.82. The number of amides is 1. The third-order valence-electron chi connectivity index (χ3n) is 2.52. The average molecular weight is 297 g/mol. The fraction of sp³-hybridized carbons (Fsp3) is 0.286. The van der Waals surface area contributed by atoms with Gasteiger partial charge in [0.2, 0.25) is 5.91 Å². The molecule has 0 bridgehead atoms. The van der Waals surface area contributed by atoms with Gasteiger partial charge in [-0.05, 0) is 42.2 Å². The topological polar surface area (TPSA) is 66.4 Å². The molecule has 0 fully saturated rings. The monoisotopic (exact) mass is 297 g/mol. The Balaban J connectivity index is 2.56. The quantitative estimate of drug-likeness (QED) is 0.757. The molecule has 1 rings (SSSR count). The van der Waals surface area contributed by atoms with Gasteiger partial charge in [0, 0.05) is 6.08 Å². The van der Waals surface area contributed by atoms with Crippen molar-refractivity contribution < 1.29 is 19.1 Å². The van der Waals surface area contributed by atoms with E-state index in [1.807, 2.05) is 6.26 Å². The van der Waals surface area contributed by atoms with E-state index in [2.05, 4.69) is 5.32 Å². The molecule has 0 saturated heterocycles. The van der Waals surface area contributed by atoms with E-state index >= 15 is 0 Å². The first kappa shape index (κ1) is 16.2. The zero-order valence-electron chi connectivity index (χ0n) is 11.0. The molecule has 0 unspecified atom stereocenters. The first-order chi connectivity index (χ1) is 9.52. The standard InChI is InChI=1S/C14H16FNO3S/c1-20-9-8-12(14(18)19)16-13(17)7-4-10-2-5-11(15)6-3-10/h2-7,12H,8-9H2,1H3,(H,16,17)(H,18,19)/b7-4+/t12-/m1/s1. The summed E-state index contributed by atoms with van der Waals surface area (Å²) in [7, 11) is 0. The van der Waals surface area contributed by atoms with Crippen molar-refractivity contribution >= 4 is 29.7 Å². The number of thioether (sulfide) groups is 1. The molecule has 0 aliphatic carbocycles. The van der Waals surface area contributed by atoms with Gasteiger partial charge in [-0.2, -0.15) is 11.8 Å². The van der Waals surface area contributed by atoms with Crippen LogP contribution >= 0.6 is 11.8 Å². The lowest BCUT2D eigenvalue weighted by Gasteiger charge is -2.12. The maximum absolute atomic E-state index is 12.7. The molecule has 0 aliphatic rings. The summed E-state index contributed by atoms with van der Waals surface area (Å²) in [6.45, 7) is 0. The van der Waals surface area contributed by atoms with Crippen molar-refractivity contribution in [2.24, 2.45) is 0 Å². The molecule has 0 saturated carbocycles. The third kappa shape index (κ3) is 5.88. The van der Waals surface area contributed by atoms with E-state index in [1.54, 1.807) is 0 Å². The highest BCUT2D eigenvalue weighted by molar-refractivity contribution is 7.98. The molecule has 2 N–H and O–H groups in total. The number of carbonyl (C=O) groups excluding carboxylic acids is 1. The van der Waals surface area contributed by atoms with Crippen LogP contribution in [0, 0.1) is 5.82 Å². The highest BCUT2D eigenvalue weighted by Gasteiger charge is 2.17. The Labute approximate surface area is 121 Å². The molecule has 1 amide bonds. The van der Waals surface area contributed by atoms with Crippen LogP contribution in [0.15, 0.2) is 30.3 Å². The number of carbonyl (C=O) groups is 2. The van der Waals surface area contributed by atoms with Gasteiger partial charge in [0.25, 0.3) is 0 Å². The number of nitrogens with one attached hydrogen (secondary N) is 1. The Morgan fingerprint density at radius 3 is 2.60 bits per heavy atom. The van der Waals surface area contributed by atoms with Gasteiger partial charge in [-0.15, -0.1) is 0 Å². The van der Waals surface area contributed by atoms with Crippen LogP contribution < -0.4 is 5.32 Å². The van der Waals surface area contributed by atoms with Crippen LogP contribution in [0.3, 0.4) is 0 Å². The lowest BCUT2D eigenvalue weighted by molar-refractivity contribution is -0.141. The fourth-order valence-electron chi connectivity index (χ4n) is 1.46. The predicted octanol–water partition coefficient (Wildman–Crippen LogP) is 2.16. The molecule has 0 aromatic heterocycles. The van der Waals surface area contributed by atoms with Crippen molar-refractivity contribution in [1.29, 1.82) is 0 Å². The zero-order chi connectivity index (χ0) is 15.0. The minimum absolute atomic E-state index is 0.352. The van der Waals surface area contributed by atoms with Crippen molar-refractivity contribution in [3.05, 3.63) is 41.7 Å². The molecule has 108 valence electrons. The number of carboxylic acids is 1. The first-order valence-corrected chi connectivity index (χ1v) is 7.38. The van der Waals surface area contributed by atoms with Crippen molar-refractivity contribution in [2.45, 2.75) is 12.5 Å². The molecule has 0 spiro atoms. The van der Waals surface area contributed by atoms with E-state index < -0.39 is 17.9 Å². The van der Waals surface area contributed by atoms with Crippen LogP contribution in [0.5, 0.6) is 0 Å². The van der Waals surface area contributed by atoms with E-state index in [0.717, 1.165) is 0 Å². The number of rotatable bonds is 7. The Kier molecular flexibility index (Phi) is 6.79. The lowest BCUT2D eigenvalue weighted by atomic mass is 10.2. The molecule has 0 aliphatic heterocycles. The third-order valence-corrected chi connectivity index (χ3v) is 3.17. The first-order valence-electron chi connectivity index (χ1n) is 5.99. The normalized spacial score (nSPS) is 12.3. The second kappa shape index (κ2) is 8.37. The van der Waals surface area contributed by atoms with E-state index in [1.165, 1.54) is 48.2 Å². The van der Waals surface area contributed by atoms with Crippen LogP contribution in [0.2, 0.25) is 0 Å². The molecule has 0 heterocycles.